The van der Waals surface area contributed by atoms with Gasteiger partial charge in [0.1, 0.15) is 5.00 Å². The van der Waals surface area contributed by atoms with Crippen molar-refractivity contribution in [2.45, 2.75) is 0 Å². The molecule has 0 bridgehead atoms. The lowest BCUT2D eigenvalue weighted by Gasteiger charge is -2.15. The molecule has 0 saturated carbocycles. The Hall–Kier alpha value is -1.28. The number of hydrogen-bond donors (Lipinski definition) is 1. The number of thiocarbonyl (C=S) groups is 1. The molecule has 16 heavy (non-hydrogen) atoms. The largest absolute Gasteiger partial charge is 0.355 e. The Labute approximate surface area is 103 Å². The predicted molar refractivity (Wildman–Crippen MR) is 67.8 cm³/mol. The standard InChI is InChI=1S/C8H13N5OS2/c1-12(2)7(14)5-6(16-11-10-5)9-8(15)13(3)4/h1-4H3,(H,9,15). The number of carbonyl (C=O) groups is 1. The van der Waals surface area contributed by atoms with Crippen LogP contribution in [0.15, 0.2) is 0 Å². The summed E-state index contributed by atoms with van der Waals surface area (Å²) in [4.78, 5) is 14.9. The highest BCUT2D eigenvalue weighted by Crippen LogP contribution is 2.18. The third kappa shape index (κ3) is 2.86. The van der Waals surface area contributed by atoms with E-state index < -0.39 is 0 Å². The van der Waals surface area contributed by atoms with Crippen molar-refractivity contribution < 1.29 is 4.79 Å². The third-order valence-corrected chi connectivity index (χ3v) is 2.83. The number of anilines is 1. The first kappa shape index (κ1) is 12.8. The Morgan fingerprint density at radius 1 is 1.31 bits per heavy atom. The van der Waals surface area contributed by atoms with Gasteiger partial charge >= 0.3 is 0 Å². The monoisotopic (exact) mass is 259 g/mol. The molecule has 1 aromatic heterocycles. The van der Waals surface area contributed by atoms with Crippen molar-refractivity contribution in [1.82, 2.24) is 19.4 Å². The van der Waals surface area contributed by atoms with Gasteiger partial charge in [0.15, 0.2) is 10.8 Å². The van der Waals surface area contributed by atoms with E-state index in [0.29, 0.717) is 15.8 Å². The average molecular weight is 259 g/mol. The molecule has 1 heterocycles. The topological polar surface area (TPSA) is 61.4 Å². The Bertz CT molecular complexity index is 401. The van der Waals surface area contributed by atoms with Crippen LogP contribution in [0.1, 0.15) is 10.5 Å². The third-order valence-electron chi connectivity index (χ3n) is 1.72. The molecule has 0 spiro atoms. The van der Waals surface area contributed by atoms with Crippen LogP contribution in [0, 0.1) is 0 Å². The van der Waals surface area contributed by atoms with E-state index in [0.717, 1.165) is 11.5 Å². The van der Waals surface area contributed by atoms with Gasteiger partial charge in [-0.1, -0.05) is 4.49 Å². The van der Waals surface area contributed by atoms with E-state index in [9.17, 15) is 4.79 Å². The number of carbonyl (C=O) groups excluding carboxylic acids is 1. The van der Waals surface area contributed by atoms with Gasteiger partial charge in [-0.15, -0.1) is 5.10 Å². The predicted octanol–water partition coefficient (Wildman–Crippen LogP) is 0.498. The summed E-state index contributed by atoms with van der Waals surface area (Å²) in [5.41, 5.74) is 0.291. The van der Waals surface area contributed by atoms with Crippen LogP contribution in [0.2, 0.25) is 0 Å². The quantitative estimate of drug-likeness (QED) is 0.780. The van der Waals surface area contributed by atoms with Crippen molar-refractivity contribution in [2.75, 3.05) is 33.5 Å². The Morgan fingerprint density at radius 2 is 1.94 bits per heavy atom. The second-order valence-electron chi connectivity index (χ2n) is 3.47. The van der Waals surface area contributed by atoms with Crippen molar-refractivity contribution in [3.05, 3.63) is 5.69 Å². The first-order valence-corrected chi connectivity index (χ1v) is 5.64. The number of nitrogens with one attached hydrogen (secondary N) is 1. The van der Waals surface area contributed by atoms with E-state index in [-0.39, 0.29) is 5.91 Å². The van der Waals surface area contributed by atoms with E-state index in [1.54, 1.807) is 19.0 Å². The molecule has 1 rings (SSSR count). The molecule has 0 radical (unpaired) electrons. The summed E-state index contributed by atoms with van der Waals surface area (Å²) in [6.45, 7) is 0. The summed E-state index contributed by atoms with van der Waals surface area (Å²) in [6.07, 6.45) is 0. The number of nitrogens with zero attached hydrogens (tertiary/aromatic N) is 4. The minimum Gasteiger partial charge on any atom is -0.355 e. The van der Waals surface area contributed by atoms with Crippen LogP contribution >= 0.6 is 23.8 Å². The number of amides is 1. The van der Waals surface area contributed by atoms with Gasteiger partial charge in [0.25, 0.3) is 5.91 Å². The molecule has 0 fully saturated rings. The first-order chi connectivity index (χ1) is 7.43. The van der Waals surface area contributed by atoms with Gasteiger partial charge in [-0.3, -0.25) is 4.79 Å². The van der Waals surface area contributed by atoms with Gasteiger partial charge in [-0.05, 0) is 12.2 Å². The molecule has 0 saturated heterocycles. The second-order valence-corrected chi connectivity index (χ2v) is 4.62. The fourth-order valence-electron chi connectivity index (χ4n) is 0.833. The molecule has 0 aromatic carbocycles. The molecular formula is C8H13N5OS2. The highest BCUT2D eigenvalue weighted by Gasteiger charge is 2.19. The number of hydrogen-bond acceptors (Lipinski definition) is 5. The first-order valence-electron chi connectivity index (χ1n) is 4.45. The molecule has 0 aliphatic rings. The zero-order valence-electron chi connectivity index (χ0n) is 9.51. The second kappa shape index (κ2) is 5.17. The lowest BCUT2D eigenvalue weighted by atomic mass is 10.4. The van der Waals surface area contributed by atoms with Crippen molar-refractivity contribution in [3.8, 4) is 0 Å². The summed E-state index contributed by atoms with van der Waals surface area (Å²) in [5, 5.41) is 7.80. The van der Waals surface area contributed by atoms with E-state index in [1.165, 1.54) is 4.90 Å². The smallest absolute Gasteiger partial charge is 0.277 e. The van der Waals surface area contributed by atoms with Crippen LogP contribution in [-0.2, 0) is 0 Å². The molecule has 0 unspecified atom stereocenters. The summed E-state index contributed by atoms with van der Waals surface area (Å²) >= 11 is 6.19. The van der Waals surface area contributed by atoms with Crippen molar-refractivity contribution >= 4 is 39.8 Å². The van der Waals surface area contributed by atoms with E-state index in [1.807, 2.05) is 14.1 Å². The van der Waals surface area contributed by atoms with E-state index in [2.05, 4.69) is 14.9 Å². The number of rotatable bonds is 2. The Kier molecular flexibility index (Phi) is 4.13. The maximum Gasteiger partial charge on any atom is 0.277 e. The molecule has 0 atom stereocenters. The molecule has 1 aromatic rings. The van der Waals surface area contributed by atoms with Gasteiger partial charge in [0.05, 0.1) is 0 Å². The fourth-order valence-corrected chi connectivity index (χ4v) is 1.56. The maximum absolute atomic E-state index is 11.7. The summed E-state index contributed by atoms with van der Waals surface area (Å²) in [7, 11) is 6.96. The van der Waals surface area contributed by atoms with Crippen molar-refractivity contribution in [1.29, 1.82) is 0 Å². The Balaban J connectivity index is 2.87. The van der Waals surface area contributed by atoms with E-state index in [4.69, 9.17) is 12.2 Å². The zero-order valence-corrected chi connectivity index (χ0v) is 11.1. The van der Waals surface area contributed by atoms with E-state index >= 15 is 0 Å². The van der Waals surface area contributed by atoms with Crippen molar-refractivity contribution in [2.24, 2.45) is 0 Å². The van der Waals surface area contributed by atoms with Gasteiger partial charge in [0.2, 0.25) is 0 Å². The molecule has 1 N–H and O–H groups in total. The highest BCUT2D eigenvalue weighted by atomic mass is 32.1. The van der Waals surface area contributed by atoms with Crippen LogP contribution in [0.5, 0.6) is 0 Å². The molecule has 8 heteroatoms. The normalized spacial score (nSPS) is 9.75. The summed E-state index contributed by atoms with van der Waals surface area (Å²) in [5.74, 6) is -0.196. The molecule has 1 amide bonds. The highest BCUT2D eigenvalue weighted by molar-refractivity contribution is 7.80. The molecule has 0 aliphatic carbocycles. The van der Waals surface area contributed by atoms with Crippen LogP contribution < -0.4 is 5.32 Å². The molecular weight excluding hydrogens is 246 g/mol. The minimum absolute atomic E-state index is 0.196. The maximum atomic E-state index is 11.7. The Morgan fingerprint density at radius 3 is 2.44 bits per heavy atom. The van der Waals surface area contributed by atoms with Crippen LogP contribution in [0.25, 0.3) is 0 Å². The van der Waals surface area contributed by atoms with Gasteiger partial charge in [-0.25, -0.2) is 0 Å². The van der Waals surface area contributed by atoms with Gasteiger partial charge < -0.3 is 15.1 Å². The van der Waals surface area contributed by atoms with Crippen LogP contribution in [-0.4, -0.2) is 58.6 Å². The molecule has 0 aliphatic heterocycles. The number of aromatic nitrogens is 2. The molecule has 6 nitrogen and oxygen atoms in total. The van der Waals surface area contributed by atoms with Gasteiger partial charge in [-0.2, -0.15) is 0 Å². The molecule has 88 valence electrons. The fraction of sp³-hybridized carbons (Fsp3) is 0.500. The SMILES string of the molecule is CN(C)C(=O)c1nnsc1NC(=S)N(C)C. The van der Waals surface area contributed by atoms with Gasteiger partial charge in [0, 0.05) is 39.7 Å². The lowest BCUT2D eigenvalue weighted by Crippen LogP contribution is -2.28. The minimum atomic E-state index is -0.196. The summed E-state index contributed by atoms with van der Waals surface area (Å²) in [6, 6.07) is 0. The average Bonchev–Trinajstić information content (AvgIpc) is 2.64. The summed E-state index contributed by atoms with van der Waals surface area (Å²) < 4.78 is 3.74. The zero-order chi connectivity index (χ0) is 12.3. The van der Waals surface area contributed by atoms with Crippen LogP contribution in [0.4, 0.5) is 5.00 Å². The van der Waals surface area contributed by atoms with Crippen LogP contribution in [0.3, 0.4) is 0 Å². The lowest BCUT2D eigenvalue weighted by molar-refractivity contribution is 0.0823. The van der Waals surface area contributed by atoms with Crippen molar-refractivity contribution in [3.63, 3.8) is 0 Å².